The van der Waals surface area contributed by atoms with E-state index < -0.39 is 54.1 Å². The highest BCUT2D eigenvalue weighted by atomic mass is 16.4. The Balaban J connectivity index is 0.000000259. The van der Waals surface area contributed by atoms with Crippen molar-refractivity contribution in [2.45, 2.75) is 70.3 Å². The van der Waals surface area contributed by atoms with Gasteiger partial charge < -0.3 is 53.5 Å². The largest absolute Gasteiger partial charge is 0.481 e. The maximum atomic E-state index is 11.0. The maximum Gasteiger partial charge on any atom is 0.323 e. The highest BCUT2D eigenvalue weighted by molar-refractivity contribution is 6.03. The molecule has 5 atom stereocenters. The third-order valence-electron chi connectivity index (χ3n) is 7.86. The van der Waals surface area contributed by atoms with E-state index in [1.807, 2.05) is 92.8 Å². The molecule has 0 radical (unpaired) electrons. The first-order valence-corrected chi connectivity index (χ1v) is 16.5. The van der Waals surface area contributed by atoms with Crippen LogP contribution in [0.25, 0.3) is 32.4 Å². The predicted molar refractivity (Wildman–Crippen MR) is 201 cm³/mol. The van der Waals surface area contributed by atoms with Crippen molar-refractivity contribution in [3.8, 4) is 0 Å². The van der Waals surface area contributed by atoms with E-state index in [2.05, 4.69) is 11.1 Å². The Morgan fingerprint density at radius 1 is 0.673 bits per heavy atom. The number of rotatable bonds is 11. The van der Waals surface area contributed by atoms with Crippen molar-refractivity contribution >= 4 is 56.3 Å². The Bertz CT molecular complexity index is 1890. The zero-order valence-electron chi connectivity index (χ0n) is 29.3. The number of carbonyl (C=O) groups is 4. The minimum absolute atomic E-state index is 0.0714. The number of nitrogens with one attached hydrogen (secondary N) is 1. The molecule has 5 aromatic rings. The van der Waals surface area contributed by atoms with Crippen LogP contribution in [-0.4, -0.2) is 78.6 Å². The van der Waals surface area contributed by atoms with Crippen LogP contribution in [0.2, 0.25) is 0 Å². The molecule has 14 N–H and O–H groups in total. The van der Waals surface area contributed by atoms with Crippen LogP contribution >= 0.6 is 0 Å². The summed E-state index contributed by atoms with van der Waals surface area (Å²) >= 11 is 0. The standard InChI is InChI=1S/C17H15NO2.C11H12N2O2.C6H13NO2.C4H9NO3/c18-15(10-16(19)20)17-13-7-3-1-5-11(13)9-12-6-2-4-8-14(12)17;12-9(11(14)15)5-7-6-13-10-4-2-1-3-8(7)10;1-4(2)3-5(7)6(8)9;1-2(6)3(5)4(7)8/h1-9,15H,10,18H2,(H,19,20);1-4,6,9,13H,5,12H2,(H,14,15);4-5H,3,7H2,1-2H3,(H,8,9);2-3,6H,5H2,1H3,(H,7,8). The van der Waals surface area contributed by atoms with E-state index in [4.69, 9.17) is 48.5 Å². The molecular formula is C38H49N5O9. The third-order valence-corrected chi connectivity index (χ3v) is 7.86. The number of para-hydroxylation sites is 1. The SMILES string of the molecule is CC(C)CC(N)C(=O)O.CC(O)C(N)C(=O)O.NC(CC(=O)O)c1c2ccccc2cc2ccccc12.NC(Cc1c[nH]c2ccccc12)C(=O)O. The summed E-state index contributed by atoms with van der Waals surface area (Å²) in [6.45, 7) is 5.23. The van der Waals surface area contributed by atoms with Crippen LogP contribution in [0.5, 0.6) is 0 Å². The predicted octanol–water partition coefficient (Wildman–Crippen LogP) is 3.81. The summed E-state index contributed by atoms with van der Waals surface area (Å²) in [4.78, 5) is 44.7. The van der Waals surface area contributed by atoms with Crippen molar-refractivity contribution < 1.29 is 44.7 Å². The first-order chi connectivity index (χ1) is 24.4. The van der Waals surface area contributed by atoms with Gasteiger partial charge in [0.2, 0.25) is 0 Å². The lowest BCUT2D eigenvalue weighted by Crippen LogP contribution is -2.39. The van der Waals surface area contributed by atoms with Crippen LogP contribution in [0.4, 0.5) is 0 Å². The lowest BCUT2D eigenvalue weighted by Gasteiger charge is -2.16. The fourth-order valence-corrected chi connectivity index (χ4v) is 5.18. The van der Waals surface area contributed by atoms with Gasteiger partial charge in [0, 0.05) is 29.6 Å². The van der Waals surface area contributed by atoms with Gasteiger partial charge >= 0.3 is 23.9 Å². The molecule has 5 unspecified atom stereocenters. The van der Waals surface area contributed by atoms with Gasteiger partial charge in [0.25, 0.3) is 0 Å². The Labute approximate surface area is 301 Å². The number of carboxylic acid groups (broad SMARTS) is 4. The van der Waals surface area contributed by atoms with Gasteiger partial charge in [0.05, 0.1) is 12.5 Å². The quantitative estimate of drug-likeness (QED) is 0.0870. The molecule has 0 bridgehead atoms. The molecule has 4 aromatic carbocycles. The molecule has 280 valence electrons. The maximum absolute atomic E-state index is 11.0. The van der Waals surface area contributed by atoms with E-state index >= 15 is 0 Å². The van der Waals surface area contributed by atoms with Gasteiger partial charge in [-0.1, -0.05) is 80.6 Å². The number of aliphatic hydroxyl groups is 1. The van der Waals surface area contributed by atoms with E-state index in [0.717, 1.165) is 43.6 Å². The zero-order valence-corrected chi connectivity index (χ0v) is 29.3. The van der Waals surface area contributed by atoms with Crippen LogP contribution in [0.15, 0.2) is 85.1 Å². The van der Waals surface area contributed by atoms with Gasteiger partial charge in [-0.15, -0.1) is 0 Å². The summed E-state index contributed by atoms with van der Waals surface area (Å²) < 4.78 is 0. The monoisotopic (exact) mass is 719 g/mol. The highest BCUT2D eigenvalue weighted by Gasteiger charge is 2.18. The summed E-state index contributed by atoms with van der Waals surface area (Å²) in [5, 5.41) is 47.8. The van der Waals surface area contributed by atoms with Crippen LogP contribution in [0.1, 0.15) is 50.8 Å². The average molecular weight is 720 g/mol. The van der Waals surface area contributed by atoms with Gasteiger partial charge in [-0.25, -0.2) is 0 Å². The van der Waals surface area contributed by atoms with Crippen molar-refractivity contribution in [3.63, 3.8) is 0 Å². The number of hydrogen-bond acceptors (Lipinski definition) is 9. The molecular weight excluding hydrogens is 670 g/mol. The summed E-state index contributed by atoms with van der Waals surface area (Å²) in [5.41, 5.74) is 24.6. The van der Waals surface area contributed by atoms with Crippen molar-refractivity contribution in [1.82, 2.24) is 4.98 Å². The lowest BCUT2D eigenvalue weighted by atomic mass is 9.91. The summed E-state index contributed by atoms with van der Waals surface area (Å²) in [7, 11) is 0. The summed E-state index contributed by atoms with van der Waals surface area (Å²) in [6.07, 6.45) is 1.66. The van der Waals surface area contributed by atoms with Crippen LogP contribution < -0.4 is 22.9 Å². The molecule has 1 heterocycles. The van der Waals surface area contributed by atoms with Gasteiger partial charge in [-0.05, 0) is 64.1 Å². The number of aromatic amines is 1. The van der Waals surface area contributed by atoms with Gasteiger partial charge in [-0.3, -0.25) is 19.2 Å². The summed E-state index contributed by atoms with van der Waals surface area (Å²) in [5.74, 6) is -3.59. The summed E-state index contributed by atoms with van der Waals surface area (Å²) in [6, 6.07) is 22.6. The molecule has 1 aromatic heterocycles. The van der Waals surface area contributed by atoms with Gasteiger partial charge in [-0.2, -0.15) is 0 Å². The second-order valence-electron chi connectivity index (χ2n) is 12.6. The number of benzene rings is 4. The minimum atomic E-state index is -1.18. The Morgan fingerprint density at radius 3 is 1.56 bits per heavy atom. The van der Waals surface area contributed by atoms with Crippen LogP contribution in [-0.2, 0) is 25.6 Å². The first kappa shape index (κ1) is 42.8. The van der Waals surface area contributed by atoms with Crippen molar-refractivity contribution in [1.29, 1.82) is 0 Å². The van der Waals surface area contributed by atoms with Crippen LogP contribution in [0.3, 0.4) is 0 Å². The van der Waals surface area contributed by atoms with E-state index in [-0.39, 0.29) is 6.42 Å². The molecule has 0 amide bonds. The number of nitrogens with two attached hydrogens (primary N) is 4. The number of aliphatic hydroxyl groups excluding tert-OH is 1. The van der Waals surface area contributed by atoms with Gasteiger partial charge in [0.15, 0.2) is 0 Å². The molecule has 0 saturated heterocycles. The number of aromatic nitrogens is 1. The fourth-order valence-electron chi connectivity index (χ4n) is 5.18. The molecule has 14 nitrogen and oxygen atoms in total. The van der Waals surface area contributed by atoms with Gasteiger partial charge in [0.1, 0.15) is 18.1 Å². The van der Waals surface area contributed by atoms with E-state index in [1.54, 1.807) is 0 Å². The lowest BCUT2D eigenvalue weighted by molar-refractivity contribution is -0.141. The topological polar surface area (TPSA) is 289 Å². The van der Waals surface area contributed by atoms with Crippen LogP contribution in [0, 0.1) is 5.92 Å². The highest BCUT2D eigenvalue weighted by Crippen LogP contribution is 2.33. The second kappa shape index (κ2) is 20.5. The first-order valence-electron chi connectivity index (χ1n) is 16.5. The average Bonchev–Trinajstić information content (AvgIpc) is 3.49. The third kappa shape index (κ3) is 13.1. The smallest absolute Gasteiger partial charge is 0.323 e. The molecule has 0 spiro atoms. The Hall–Kier alpha value is -5.38. The molecule has 0 fully saturated rings. The molecule has 0 aliphatic rings. The van der Waals surface area contributed by atoms with Crippen molar-refractivity contribution in [2.24, 2.45) is 28.9 Å². The number of hydrogen-bond donors (Lipinski definition) is 10. The second-order valence-corrected chi connectivity index (χ2v) is 12.6. The molecule has 0 aliphatic carbocycles. The molecule has 0 saturated carbocycles. The number of H-pyrrole nitrogens is 1. The molecule has 0 aliphatic heterocycles. The Morgan fingerprint density at radius 2 is 1.15 bits per heavy atom. The number of carboxylic acids is 4. The van der Waals surface area contributed by atoms with Crippen molar-refractivity contribution in [3.05, 3.63) is 96.2 Å². The van der Waals surface area contributed by atoms with Crippen molar-refractivity contribution in [2.75, 3.05) is 0 Å². The Kier molecular flexibility index (Phi) is 16.8. The minimum Gasteiger partial charge on any atom is -0.481 e. The molecule has 14 heteroatoms. The normalized spacial score (nSPS) is 13.6. The molecule has 52 heavy (non-hydrogen) atoms. The zero-order chi connectivity index (χ0) is 39.1. The van der Waals surface area contributed by atoms with E-state index in [0.29, 0.717) is 18.8 Å². The van der Waals surface area contributed by atoms with E-state index in [1.165, 1.54) is 6.92 Å². The fraction of sp³-hybridized carbons (Fsp3) is 0.316. The number of aliphatic carboxylic acids is 4. The molecule has 5 rings (SSSR count). The van der Waals surface area contributed by atoms with E-state index in [9.17, 15) is 19.2 Å². The number of fused-ring (bicyclic) bond motifs is 3.